The number of carbonyl (C=O) groups excluding carboxylic acids is 1. The summed E-state index contributed by atoms with van der Waals surface area (Å²) in [5.74, 6) is -1.12. The number of hydrogen-bond donors (Lipinski definition) is 3. The van der Waals surface area contributed by atoms with Crippen LogP contribution >= 0.6 is 0 Å². The van der Waals surface area contributed by atoms with E-state index in [2.05, 4.69) is 25.6 Å². The minimum Gasteiger partial charge on any atom is -0.468 e. The maximum Gasteiger partial charge on any atom is 0.304 e. The summed E-state index contributed by atoms with van der Waals surface area (Å²) in [6, 6.07) is 8.59. The number of aromatic nitrogens is 4. The number of hydrogen-bond acceptors (Lipinski definition) is 7. The molecule has 0 atom stereocenters. The highest BCUT2D eigenvalue weighted by atomic mass is 19.1. The number of amides is 1. The lowest BCUT2D eigenvalue weighted by Crippen LogP contribution is -2.19. The van der Waals surface area contributed by atoms with Gasteiger partial charge in [0.15, 0.2) is 5.82 Å². The number of rotatable bonds is 6. The smallest absolute Gasteiger partial charge is 0.304 e. The van der Waals surface area contributed by atoms with Crippen LogP contribution in [0.5, 0.6) is 6.01 Å². The maximum atomic E-state index is 14.4. The van der Waals surface area contributed by atoms with E-state index in [1.54, 1.807) is 12.1 Å². The Labute approximate surface area is 193 Å². The second-order valence-corrected chi connectivity index (χ2v) is 7.83. The molecule has 1 amide bonds. The van der Waals surface area contributed by atoms with Crippen LogP contribution < -0.4 is 21.1 Å². The highest BCUT2D eigenvalue weighted by Crippen LogP contribution is 2.33. The van der Waals surface area contributed by atoms with Crippen molar-refractivity contribution >= 4 is 28.4 Å². The topological polar surface area (TPSA) is 120 Å². The summed E-state index contributed by atoms with van der Waals surface area (Å²) in [5, 5.41) is 6.55. The molecule has 4 aromatic rings. The molecule has 0 radical (unpaired) electrons. The second-order valence-electron chi connectivity index (χ2n) is 7.83. The second kappa shape index (κ2) is 8.58. The highest BCUT2D eigenvalue weighted by molar-refractivity contribution is 6.04. The van der Waals surface area contributed by atoms with Crippen LogP contribution in [0.4, 0.5) is 20.3 Å². The van der Waals surface area contributed by atoms with Crippen LogP contribution in [0.15, 0.2) is 36.4 Å². The molecule has 0 fully saturated rings. The van der Waals surface area contributed by atoms with E-state index < -0.39 is 11.7 Å². The van der Waals surface area contributed by atoms with E-state index in [-0.39, 0.29) is 34.4 Å². The van der Waals surface area contributed by atoms with Gasteiger partial charge < -0.3 is 21.1 Å². The fourth-order valence-electron chi connectivity index (χ4n) is 4.03. The third kappa shape index (κ3) is 3.85. The van der Waals surface area contributed by atoms with E-state index in [0.29, 0.717) is 18.8 Å². The van der Waals surface area contributed by atoms with Gasteiger partial charge in [-0.2, -0.15) is 9.97 Å². The van der Waals surface area contributed by atoms with Gasteiger partial charge in [0.1, 0.15) is 17.2 Å². The number of methoxy groups -OCH3 is 1. The molecule has 34 heavy (non-hydrogen) atoms. The first kappa shape index (κ1) is 21.6. The fraction of sp³-hybridized carbons (Fsp3) is 0.217. The Balaban J connectivity index is 1.65. The number of ether oxygens (including phenoxy) is 1. The van der Waals surface area contributed by atoms with Crippen LogP contribution in [0.25, 0.3) is 17.0 Å². The first-order valence-electron chi connectivity index (χ1n) is 10.6. The first-order chi connectivity index (χ1) is 16.4. The molecule has 1 aliphatic heterocycles. The van der Waals surface area contributed by atoms with Crippen molar-refractivity contribution in [3.05, 3.63) is 64.9 Å². The molecule has 0 bridgehead atoms. The summed E-state index contributed by atoms with van der Waals surface area (Å²) < 4.78 is 34.8. The number of halogens is 2. The zero-order valence-corrected chi connectivity index (χ0v) is 18.2. The molecule has 174 valence electrons. The Morgan fingerprint density at radius 1 is 1.21 bits per heavy atom. The summed E-state index contributed by atoms with van der Waals surface area (Å²) >= 11 is 0. The Morgan fingerprint density at radius 3 is 2.82 bits per heavy atom. The summed E-state index contributed by atoms with van der Waals surface area (Å²) in [4.78, 5) is 25.6. The molecule has 0 aliphatic carbocycles. The van der Waals surface area contributed by atoms with Crippen molar-refractivity contribution < 1.29 is 18.3 Å². The van der Waals surface area contributed by atoms with Gasteiger partial charge in [-0.05, 0) is 36.6 Å². The molecule has 1 aliphatic rings. The van der Waals surface area contributed by atoms with E-state index >= 15 is 0 Å². The van der Waals surface area contributed by atoms with Crippen LogP contribution in [-0.2, 0) is 13.0 Å². The van der Waals surface area contributed by atoms with Gasteiger partial charge in [0.2, 0.25) is 5.95 Å². The number of benzene rings is 2. The molecule has 0 unspecified atom stereocenters. The molecule has 9 nitrogen and oxygen atoms in total. The number of carbonyl (C=O) groups is 1. The van der Waals surface area contributed by atoms with Crippen LogP contribution in [0.2, 0.25) is 0 Å². The Kier molecular flexibility index (Phi) is 5.44. The minimum atomic E-state index is -0.815. The molecule has 3 heterocycles. The maximum absolute atomic E-state index is 14.4. The molecule has 4 N–H and O–H groups in total. The van der Waals surface area contributed by atoms with E-state index in [4.69, 9.17) is 10.5 Å². The zero-order valence-electron chi connectivity index (χ0n) is 18.2. The van der Waals surface area contributed by atoms with Crippen molar-refractivity contribution in [2.75, 3.05) is 24.3 Å². The van der Waals surface area contributed by atoms with Gasteiger partial charge in [0, 0.05) is 19.2 Å². The summed E-state index contributed by atoms with van der Waals surface area (Å²) in [5.41, 5.74) is 8.03. The average Bonchev–Trinajstić information content (AvgIpc) is 3.20. The van der Waals surface area contributed by atoms with Crippen molar-refractivity contribution in [1.82, 2.24) is 19.5 Å². The standard InChI is InChI=1S/C23H21F2N7O2/c1-34-23-30-18-15(20(26)33)9-14(25)10-17(18)32(23)22-29-16-6-3-7-27-19(16)21(31-22)28-11-12-4-2-5-13(24)8-12/h2,4-5,8-10,27H,3,6-7,11H2,1H3,(H2,26,33)(H,28,29,31). The van der Waals surface area contributed by atoms with Crippen molar-refractivity contribution in [1.29, 1.82) is 0 Å². The number of aryl methyl sites for hydroxylation is 1. The van der Waals surface area contributed by atoms with Crippen LogP contribution in [0.1, 0.15) is 28.0 Å². The minimum absolute atomic E-state index is 0.0721. The number of imidazole rings is 1. The van der Waals surface area contributed by atoms with Crippen LogP contribution in [0, 0.1) is 11.6 Å². The summed E-state index contributed by atoms with van der Waals surface area (Å²) in [7, 11) is 1.40. The zero-order chi connectivity index (χ0) is 23.8. The van der Waals surface area contributed by atoms with Gasteiger partial charge >= 0.3 is 6.01 Å². The predicted octanol–water partition coefficient (Wildman–Crippen LogP) is 3.17. The third-order valence-electron chi connectivity index (χ3n) is 5.56. The molecule has 2 aromatic carbocycles. The van der Waals surface area contributed by atoms with Crippen molar-refractivity contribution in [2.24, 2.45) is 5.73 Å². The molecule has 0 spiro atoms. The number of nitrogens with zero attached hydrogens (tertiary/aromatic N) is 4. The SMILES string of the molecule is COc1nc2c(C(N)=O)cc(F)cc2n1-c1nc2c(c(NCc3cccc(F)c3)n1)NCCC2. The molecule has 0 saturated carbocycles. The van der Waals surface area contributed by atoms with E-state index in [1.807, 2.05) is 0 Å². The largest absolute Gasteiger partial charge is 0.468 e. The molecule has 5 rings (SSSR count). The van der Waals surface area contributed by atoms with Crippen LogP contribution in [0.3, 0.4) is 0 Å². The lowest BCUT2D eigenvalue weighted by atomic mass is 10.1. The van der Waals surface area contributed by atoms with E-state index in [1.165, 1.54) is 29.9 Å². The van der Waals surface area contributed by atoms with Gasteiger partial charge in [0.05, 0.1) is 29.6 Å². The molecular formula is C23H21F2N7O2. The Hall–Kier alpha value is -4.28. The molecular weight excluding hydrogens is 444 g/mol. The van der Waals surface area contributed by atoms with Crippen LogP contribution in [-0.4, -0.2) is 39.1 Å². The lowest BCUT2D eigenvalue weighted by molar-refractivity contribution is 0.100. The van der Waals surface area contributed by atoms with Gasteiger partial charge in [-0.1, -0.05) is 12.1 Å². The Morgan fingerprint density at radius 2 is 2.06 bits per heavy atom. The monoisotopic (exact) mass is 465 g/mol. The summed E-state index contributed by atoms with van der Waals surface area (Å²) in [6.07, 6.45) is 1.57. The molecule has 11 heteroatoms. The number of nitrogens with one attached hydrogen (secondary N) is 2. The van der Waals surface area contributed by atoms with E-state index in [9.17, 15) is 13.6 Å². The lowest BCUT2D eigenvalue weighted by Gasteiger charge is -2.22. The van der Waals surface area contributed by atoms with Crippen molar-refractivity contribution in [3.63, 3.8) is 0 Å². The first-order valence-corrected chi connectivity index (χ1v) is 10.6. The normalized spacial score (nSPS) is 12.8. The van der Waals surface area contributed by atoms with Gasteiger partial charge in [0.25, 0.3) is 5.91 Å². The van der Waals surface area contributed by atoms with Crippen molar-refractivity contribution in [3.8, 4) is 12.0 Å². The predicted molar refractivity (Wildman–Crippen MR) is 122 cm³/mol. The third-order valence-corrected chi connectivity index (χ3v) is 5.56. The number of anilines is 2. The van der Waals surface area contributed by atoms with Gasteiger partial charge in [-0.25, -0.2) is 18.3 Å². The van der Waals surface area contributed by atoms with E-state index in [0.717, 1.165) is 36.0 Å². The van der Waals surface area contributed by atoms with Gasteiger partial charge in [-0.15, -0.1) is 0 Å². The average molecular weight is 465 g/mol. The molecule has 0 saturated heterocycles. The fourth-order valence-corrected chi connectivity index (χ4v) is 4.03. The van der Waals surface area contributed by atoms with Gasteiger partial charge in [-0.3, -0.25) is 4.79 Å². The number of primary amides is 1. The van der Waals surface area contributed by atoms with Crippen molar-refractivity contribution in [2.45, 2.75) is 19.4 Å². The quantitative estimate of drug-likeness (QED) is 0.400. The number of nitrogens with two attached hydrogens (primary N) is 1. The number of fused-ring (bicyclic) bond motifs is 2. The Bertz CT molecular complexity index is 1420. The summed E-state index contributed by atoms with van der Waals surface area (Å²) in [6.45, 7) is 1.08. The molecule has 2 aromatic heterocycles. The highest BCUT2D eigenvalue weighted by Gasteiger charge is 2.24.